The van der Waals surface area contributed by atoms with Crippen LogP contribution in [0.5, 0.6) is 0 Å². The highest BCUT2D eigenvalue weighted by molar-refractivity contribution is 8.14. The summed E-state index contributed by atoms with van der Waals surface area (Å²) in [5.41, 5.74) is 1.12. The molecule has 0 spiro atoms. The van der Waals surface area contributed by atoms with Crippen LogP contribution in [0.25, 0.3) is 0 Å². The molecule has 2 rings (SSSR count). The van der Waals surface area contributed by atoms with E-state index in [-0.39, 0.29) is 0 Å². The predicted molar refractivity (Wildman–Crippen MR) is 95.9 cm³/mol. The fraction of sp³-hybridized carbons (Fsp3) is 0.562. The van der Waals surface area contributed by atoms with Gasteiger partial charge in [-0.05, 0) is 30.0 Å². The third-order valence-corrected chi connectivity index (χ3v) is 5.86. The van der Waals surface area contributed by atoms with Crippen LogP contribution in [-0.2, 0) is 6.42 Å². The SMILES string of the molecule is CCC(CC)C1CN=C(NCCc2ccc(Cl)cc2Cl)S1. The van der Waals surface area contributed by atoms with Crippen LogP contribution in [0.1, 0.15) is 32.3 Å². The Balaban J connectivity index is 1.77. The topological polar surface area (TPSA) is 24.4 Å². The monoisotopic (exact) mass is 344 g/mol. The molecule has 1 unspecified atom stereocenters. The average Bonchev–Trinajstić information content (AvgIpc) is 2.91. The highest BCUT2D eigenvalue weighted by atomic mass is 35.5. The summed E-state index contributed by atoms with van der Waals surface area (Å²) >= 11 is 14.0. The van der Waals surface area contributed by atoms with Gasteiger partial charge >= 0.3 is 0 Å². The highest BCUT2D eigenvalue weighted by Gasteiger charge is 2.25. The van der Waals surface area contributed by atoms with Gasteiger partial charge in [0.05, 0.1) is 6.54 Å². The lowest BCUT2D eigenvalue weighted by molar-refractivity contribution is 0.479. The van der Waals surface area contributed by atoms with Crippen molar-refractivity contribution in [2.24, 2.45) is 10.9 Å². The Morgan fingerprint density at radius 1 is 1.33 bits per heavy atom. The van der Waals surface area contributed by atoms with Crippen LogP contribution in [0.2, 0.25) is 10.0 Å². The van der Waals surface area contributed by atoms with Gasteiger partial charge in [-0.1, -0.05) is 67.7 Å². The summed E-state index contributed by atoms with van der Waals surface area (Å²) in [6.07, 6.45) is 3.35. The molecule has 0 amide bonds. The molecule has 0 bridgehead atoms. The highest BCUT2D eigenvalue weighted by Crippen LogP contribution is 2.30. The van der Waals surface area contributed by atoms with Crippen molar-refractivity contribution < 1.29 is 0 Å². The van der Waals surface area contributed by atoms with Gasteiger partial charge in [0.1, 0.15) is 0 Å². The number of halogens is 2. The molecule has 1 heterocycles. The molecule has 1 aromatic carbocycles. The third kappa shape index (κ3) is 4.80. The number of hydrogen-bond acceptors (Lipinski definition) is 3. The number of amidine groups is 1. The van der Waals surface area contributed by atoms with Crippen molar-refractivity contribution in [1.29, 1.82) is 0 Å². The molecule has 1 atom stereocenters. The lowest BCUT2D eigenvalue weighted by Crippen LogP contribution is -2.23. The van der Waals surface area contributed by atoms with Crippen molar-refractivity contribution in [3.05, 3.63) is 33.8 Å². The van der Waals surface area contributed by atoms with Gasteiger partial charge < -0.3 is 5.32 Å². The molecule has 0 fully saturated rings. The Hall–Kier alpha value is -0.380. The number of nitrogens with zero attached hydrogens (tertiary/aromatic N) is 1. The molecule has 21 heavy (non-hydrogen) atoms. The Morgan fingerprint density at radius 3 is 2.76 bits per heavy atom. The molecule has 5 heteroatoms. The van der Waals surface area contributed by atoms with Crippen LogP contribution in [0.15, 0.2) is 23.2 Å². The lowest BCUT2D eigenvalue weighted by Gasteiger charge is -2.18. The quantitative estimate of drug-likeness (QED) is 0.782. The molecule has 1 N–H and O–H groups in total. The maximum atomic E-state index is 6.18. The third-order valence-electron chi connectivity index (χ3n) is 3.94. The van der Waals surface area contributed by atoms with E-state index < -0.39 is 0 Å². The molecular formula is C16H22Cl2N2S. The second-order valence-corrected chi connectivity index (χ2v) is 7.36. The second kappa shape index (κ2) is 8.30. The summed E-state index contributed by atoms with van der Waals surface area (Å²) in [5, 5.41) is 6.56. The summed E-state index contributed by atoms with van der Waals surface area (Å²) in [6.45, 7) is 6.33. The van der Waals surface area contributed by atoms with Gasteiger partial charge in [0.25, 0.3) is 0 Å². The smallest absolute Gasteiger partial charge is 0.156 e. The van der Waals surface area contributed by atoms with Crippen LogP contribution in [0, 0.1) is 5.92 Å². The van der Waals surface area contributed by atoms with Gasteiger partial charge in [-0.25, -0.2) is 0 Å². The number of nitrogens with one attached hydrogen (secondary N) is 1. The van der Waals surface area contributed by atoms with Gasteiger partial charge in [-0.15, -0.1) is 0 Å². The molecule has 2 nitrogen and oxygen atoms in total. The van der Waals surface area contributed by atoms with E-state index in [0.29, 0.717) is 10.3 Å². The summed E-state index contributed by atoms with van der Waals surface area (Å²) in [6, 6.07) is 5.67. The first-order chi connectivity index (χ1) is 10.1. The summed E-state index contributed by atoms with van der Waals surface area (Å²) in [4.78, 5) is 4.62. The van der Waals surface area contributed by atoms with E-state index in [1.54, 1.807) is 6.07 Å². The van der Waals surface area contributed by atoms with E-state index in [1.165, 1.54) is 12.8 Å². The summed E-state index contributed by atoms with van der Waals surface area (Å²) in [7, 11) is 0. The minimum atomic E-state index is 0.640. The molecular weight excluding hydrogens is 323 g/mol. The fourth-order valence-electron chi connectivity index (χ4n) is 2.58. The first kappa shape index (κ1) is 17.0. The molecule has 0 saturated heterocycles. The van der Waals surface area contributed by atoms with E-state index in [4.69, 9.17) is 23.2 Å². The number of rotatable bonds is 6. The van der Waals surface area contributed by atoms with Gasteiger partial charge in [0.15, 0.2) is 5.17 Å². The summed E-state index contributed by atoms with van der Waals surface area (Å²) in [5.74, 6) is 0.767. The molecule has 1 aliphatic rings. The number of benzene rings is 1. The van der Waals surface area contributed by atoms with Gasteiger partial charge in [-0.3, -0.25) is 4.99 Å². The van der Waals surface area contributed by atoms with Crippen LogP contribution in [-0.4, -0.2) is 23.5 Å². The first-order valence-corrected chi connectivity index (χ1v) is 9.16. The molecule has 116 valence electrons. The molecule has 0 aliphatic carbocycles. The molecule has 0 aromatic heterocycles. The number of hydrogen-bond donors (Lipinski definition) is 1. The minimum Gasteiger partial charge on any atom is -0.365 e. The lowest BCUT2D eigenvalue weighted by atomic mass is 9.99. The van der Waals surface area contributed by atoms with Crippen molar-refractivity contribution >= 4 is 40.1 Å². The average molecular weight is 345 g/mol. The zero-order valence-corrected chi connectivity index (χ0v) is 14.9. The van der Waals surface area contributed by atoms with E-state index >= 15 is 0 Å². The Kier molecular flexibility index (Phi) is 6.72. The van der Waals surface area contributed by atoms with Crippen LogP contribution >= 0.6 is 35.0 Å². The van der Waals surface area contributed by atoms with Gasteiger partial charge in [0, 0.05) is 21.8 Å². The van der Waals surface area contributed by atoms with E-state index in [2.05, 4.69) is 24.2 Å². The molecule has 1 aromatic rings. The largest absolute Gasteiger partial charge is 0.365 e. The standard InChI is InChI=1S/C16H22Cl2N2S/c1-3-11(4-2)15-10-20-16(21-15)19-8-7-12-5-6-13(17)9-14(12)18/h5-6,9,11,15H,3-4,7-8,10H2,1-2H3,(H,19,20). The maximum absolute atomic E-state index is 6.18. The Labute approximate surface area is 141 Å². The van der Waals surface area contributed by atoms with Gasteiger partial charge in [0.2, 0.25) is 0 Å². The van der Waals surface area contributed by atoms with Crippen LogP contribution in [0.3, 0.4) is 0 Å². The Bertz CT molecular complexity index is 501. The van der Waals surface area contributed by atoms with Crippen molar-refractivity contribution in [1.82, 2.24) is 5.32 Å². The van der Waals surface area contributed by atoms with Crippen molar-refractivity contribution in [3.8, 4) is 0 Å². The van der Waals surface area contributed by atoms with E-state index in [0.717, 1.165) is 41.2 Å². The Morgan fingerprint density at radius 2 is 2.10 bits per heavy atom. The van der Waals surface area contributed by atoms with E-state index in [9.17, 15) is 0 Å². The minimum absolute atomic E-state index is 0.640. The van der Waals surface area contributed by atoms with Crippen molar-refractivity contribution in [3.63, 3.8) is 0 Å². The molecule has 1 aliphatic heterocycles. The molecule has 0 radical (unpaired) electrons. The first-order valence-electron chi connectivity index (χ1n) is 7.53. The van der Waals surface area contributed by atoms with Crippen LogP contribution < -0.4 is 5.32 Å². The number of aliphatic imine (C=N–C) groups is 1. The van der Waals surface area contributed by atoms with Crippen LogP contribution in [0.4, 0.5) is 0 Å². The van der Waals surface area contributed by atoms with Crippen molar-refractivity contribution in [2.45, 2.75) is 38.4 Å². The number of thioether (sulfide) groups is 1. The van der Waals surface area contributed by atoms with E-state index in [1.807, 2.05) is 23.9 Å². The predicted octanol–water partition coefficient (Wildman–Crippen LogP) is 5.03. The summed E-state index contributed by atoms with van der Waals surface area (Å²) < 4.78 is 0. The zero-order valence-electron chi connectivity index (χ0n) is 12.5. The maximum Gasteiger partial charge on any atom is 0.156 e. The van der Waals surface area contributed by atoms with Crippen molar-refractivity contribution in [2.75, 3.05) is 13.1 Å². The van der Waals surface area contributed by atoms with Gasteiger partial charge in [-0.2, -0.15) is 0 Å². The normalized spacial score (nSPS) is 18.1. The second-order valence-electron chi connectivity index (χ2n) is 5.29. The molecule has 0 saturated carbocycles. The zero-order chi connectivity index (χ0) is 15.2. The fourth-order valence-corrected chi connectivity index (χ4v) is 4.43.